The summed E-state index contributed by atoms with van der Waals surface area (Å²) in [7, 11) is 0. The van der Waals surface area contributed by atoms with Crippen LogP contribution in [0.5, 0.6) is 0 Å². The number of rotatable bonds is 4. The van der Waals surface area contributed by atoms with Crippen molar-refractivity contribution in [3.63, 3.8) is 0 Å². The second-order valence-corrected chi connectivity index (χ2v) is 5.39. The molecule has 6 nitrogen and oxygen atoms in total. The Morgan fingerprint density at radius 2 is 2.05 bits per heavy atom. The molecule has 1 aliphatic rings. The lowest BCUT2D eigenvalue weighted by Gasteiger charge is -2.13. The first-order valence-electron chi connectivity index (χ1n) is 6.34. The molecule has 1 aromatic carbocycles. The molecule has 108 valence electrons. The number of hydrogen-bond acceptors (Lipinski definition) is 6. The average molecular weight is 304 g/mol. The Balaban J connectivity index is 1.96. The van der Waals surface area contributed by atoms with Gasteiger partial charge in [-0.1, -0.05) is 17.8 Å². The minimum absolute atomic E-state index is 0.0227. The fourth-order valence-electron chi connectivity index (χ4n) is 1.98. The maximum Gasteiger partial charge on any atom is 0.269 e. The summed E-state index contributed by atoms with van der Waals surface area (Å²) in [6, 6.07) is 10.3. The molecule has 1 aromatic heterocycles. The van der Waals surface area contributed by atoms with Crippen LogP contribution in [-0.4, -0.2) is 23.1 Å². The summed E-state index contributed by atoms with van der Waals surface area (Å²) < 4.78 is 10.9. The molecule has 0 radical (unpaired) electrons. The molecule has 0 unspecified atom stereocenters. The highest BCUT2D eigenvalue weighted by Crippen LogP contribution is 2.37. The highest BCUT2D eigenvalue weighted by Gasteiger charge is 2.24. The van der Waals surface area contributed by atoms with Gasteiger partial charge in [-0.25, -0.2) is 4.98 Å². The van der Waals surface area contributed by atoms with Crippen molar-refractivity contribution >= 4 is 17.4 Å². The van der Waals surface area contributed by atoms with Crippen molar-refractivity contribution in [1.29, 1.82) is 0 Å². The van der Waals surface area contributed by atoms with Crippen LogP contribution in [0.15, 0.2) is 52.5 Å². The van der Waals surface area contributed by atoms with Gasteiger partial charge in [-0.15, -0.1) is 0 Å². The van der Waals surface area contributed by atoms with Gasteiger partial charge in [0.2, 0.25) is 0 Å². The molecule has 2 heterocycles. The predicted molar refractivity (Wildman–Crippen MR) is 76.1 cm³/mol. The highest BCUT2D eigenvalue weighted by atomic mass is 32.2. The van der Waals surface area contributed by atoms with E-state index in [0.29, 0.717) is 18.8 Å². The number of hydrogen-bond donors (Lipinski definition) is 0. The predicted octanol–water partition coefficient (Wildman–Crippen LogP) is 3.19. The molecule has 1 aliphatic heterocycles. The Kier molecular flexibility index (Phi) is 4.14. The summed E-state index contributed by atoms with van der Waals surface area (Å²) in [4.78, 5) is 15.6. The Morgan fingerprint density at radius 3 is 2.71 bits per heavy atom. The van der Waals surface area contributed by atoms with Gasteiger partial charge in [0, 0.05) is 28.8 Å². The molecule has 0 atom stereocenters. The van der Waals surface area contributed by atoms with Crippen LogP contribution < -0.4 is 0 Å². The molecule has 0 spiro atoms. The first-order valence-corrected chi connectivity index (χ1v) is 7.16. The van der Waals surface area contributed by atoms with Crippen LogP contribution in [0.4, 0.5) is 5.69 Å². The molecule has 21 heavy (non-hydrogen) atoms. The van der Waals surface area contributed by atoms with Gasteiger partial charge in [0.25, 0.3) is 5.69 Å². The SMILES string of the molecule is O=[N+]([O-])c1ccc(Sc2ccccn2)c(C2OCCO2)c1. The molecule has 2 aromatic rings. The second kappa shape index (κ2) is 6.21. The molecular weight excluding hydrogens is 292 g/mol. The van der Waals surface area contributed by atoms with Gasteiger partial charge in [-0.05, 0) is 18.2 Å². The van der Waals surface area contributed by atoms with E-state index in [1.54, 1.807) is 12.3 Å². The molecule has 0 bridgehead atoms. The number of benzene rings is 1. The van der Waals surface area contributed by atoms with Crippen molar-refractivity contribution in [2.75, 3.05) is 13.2 Å². The molecule has 1 fully saturated rings. The van der Waals surface area contributed by atoms with E-state index in [4.69, 9.17) is 9.47 Å². The second-order valence-electron chi connectivity index (χ2n) is 4.32. The van der Waals surface area contributed by atoms with E-state index in [0.717, 1.165) is 9.92 Å². The summed E-state index contributed by atoms with van der Waals surface area (Å²) in [6.07, 6.45) is 1.15. The number of non-ortho nitro benzene ring substituents is 1. The summed E-state index contributed by atoms with van der Waals surface area (Å²) in [5, 5.41) is 11.8. The zero-order valence-electron chi connectivity index (χ0n) is 11.0. The zero-order valence-corrected chi connectivity index (χ0v) is 11.8. The van der Waals surface area contributed by atoms with Crippen molar-refractivity contribution in [2.45, 2.75) is 16.2 Å². The fourth-order valence-corrected chi connectivity index (χ4v) is 2.88. The molecule has 0 amide bonds. The van der Waals surface area contributed by atoms with Crippen molar-refractivity contribution in [2.24, 2.45) is 0 Å². The minimum atomic E-state index is -0.559. The van der Waals surface area contributed by atoms with Gasteiger partial charge in [-0.2, -0.15) is 0 Å². The van der Waals surface area contributed by atoms with Crippen molar-refractivity contribution in [1.82, 2.24) is 4.98 Å². The largest absolute Gasteiger partial charge is 0.346 e. The lowest BCUT2D eigenvalue weighted by Crippen LogP contribution is -2.02. The smallest absolute Gasteiger partial charge is 0.269 e. The maximum atomic E-state index is 10.9. The molecule has 0 N–H and O–H groups in total. The van der Waals surface area contributed by atoms with E-state index >= 15 is 0 Å². The quantitative estimate of drug-likeness (QED) is 0.638. The van der Waals surface area contributed by atoms with E-state index < -0.39 is 11.2 Å². The van der Waals surface area contributed by atoms with E-state index in [-0.39, 0.29) is 5.69 Å². The Morgan fingerprint density at radius 1 is 1.24 bits per heavy atom. The van der Waals surface area contributed by atoms with Crippen molar-refractivity contribution < 1.29 is 14.4 Å². The number of ether oxygens (including phenoxy) is 2. The topological polar surface area (TPSA) is 74.5 Å². The lowest BCUT2D eigenvalue weighted by molar-refractivity contribution is -0.385. The number of pyridine rings is 1. The monoisotopic (exact) mass is 304 g/mol. The number of aromatic nitrogens is 1. The zero-order chi connectivity index (χ0) is 14.7. The van der Waals surface area contributed by atoms with E-state index in [1.165, 1.54) is 23.9 Å². The molecule has 1 saturated heterocycles. The first kappa shape index (κ1) is 14.0. The van der Waals surface area contributed by atoms with Crippen LogP contribution in [-0.2, 0) is 9.47 Å². The van der Waals surface area contributed by atoms with Crippen molar-refractivity contribution in [3.8, 4) is 0 Å². The maximum absolute atomic E-state index is 10.9. The highest BCUT2D eigenvalue weighted by molar-refractivity contribution is 7.99. The minimum Gasteiger partial charge on any atom is -0.346 e. The average Bonchev–Trinajstić information content (AvgIpc) is 3.02. The normalized spacial score (nSPS) is 15.2. The summed E-state index contributed by atoms with van der Waals surface area (Å²) in [5.41, 5.74) is 0.687. The van der Waals surface area contributed by atoms with Gasteiger partial charge in [0.05, 0.1) is 18.1 Å². The molecule has 7 heteroatoms. The summed E-state index contributed by atoms with van der Waals surface area (Å²) in [5.74, 6) is 0. The number of nitro groups is 1. The van der Waals surface area contributed by atoms with Crippen molar-refractivity contribution in [3.05, 3.63) is 58.3 Å². The summed E-state index contributed by atoms with van der Waals surface area (Å²) >= 11 is 1.43. The lowest BCUT2D eigenvalue weighted by atomic mass is 10.2. The molecule has 0 aliphatic carbocycles. The fraction of sp³-hybridized carbons (Fsp3) is 0.214. The number of nitro benzene ring substituents is 1. The first-order chi connectivity index (χ1) is 10.2. The van der Waals surface area contributed by atoms with E-state index in [2.05, 4.69) is 4.98 Å². The van der Waals surface area contributed by atoms with Gasteiger partial charge in [-0.3, -0.25) is 10.1 Å². The van der Waals surface area contributed by atoms with Crippen LogP contribution in [0.2, 0.25) is 0 Å². The third kappa shape index (κ3) is 3.21. The van der Waals surface area contributed by atoms with Gasteiger partial charge in [0.1, 0.15) is 5.03 Å². The van der Waals surface area contributed by atoms with Crippen LogP contribution in [0, 0.1) is 10.1 Å². The Hall–Kier alpha value is -1.96. The van der Waals surface area contributed by atoms with E-state index in [1.807, 2.05) is 18.2 Å². The third-order valence-electron chi connectivity index (χ3n) is 2.93. The Bertz CT molecular complexity index is 645. The summed E-state index contributed by atoms with van der Waals surface area (Å²) in [6.45, 7) is 0.974. The standard InChI is InChI=1S/C14H12N2O4S/c17-16(18)10-4-5-12(21-13-3-1-2-6-15-13)11(9-10)14-19-7-8-20-14/h1-6,9,14H,7-8H2. The van der Waals surface area contributed by atoms with E-state index in [9.17, 15) is 10.1 Å². The van der Waals surface area contributed by atoms with Crippen LogP contribution in [0.25, 0.3) is 0 Å². The Labute approximate surface area is 125 Å². The van der Waals surface area contributed by atoms with Gasteiger partial charge >= 0.3 is 0 Å². The van der Waals surface area contributed by atoms with Crippen LogP contribution in [0.3, 0.4) is 0 Å². The van der Waals surface area contributed by atoms with Crippen LogP contribution in [0.1, 0.15) is 11.9 Å². The molecule has 0 saturated carbocycles. The molecular formula is C14H12N2O4S. The van der Waals surface area contributed by atoms with Gasteiger partial charge in [0.15, 0.2) is 6.29 Å². The molecule has 3 rings (SSSR count). The van der Waals surface area contributed by atoms with Gasteiger partial charge < -0.3 is 9.47 Å². The third-order valence-corrected chi connectivity index (χ3v) is 3.97. The van der Waals surface area contributed by atoms with Crippen LogP contribution >= 0.6 is 11.8 Å². The number of nitrogens with zero attached hydrogens (tertiary/aromatic N) is 2.